The van der Waals surface area contributed by atoms with Crippen molar-refractivity contribution in [3.63, 3.8) is 0 Å². The van der Waals surface area contributed by atoms with Crippen LogP contribution in [0.25, 0.3) is 0 Å². The fourth-order valence-electron chi connectivity index (χ4n) is 3.28. The van der Waals surface area contributed by atoms with Crippen molar-refractivity contribution < 1.29 is 9.53 Å². The van der Waals surface area contributed by atoms with Crippen molar-refractivity contribution in [2.45, 2.75) is 25.8 Å². The van der Waals surface area contributed by atoms with E-state index in [0.717, 1.165) is 45.0 Å². The summed E-state index contributed by atoms with van der Waals surface area (Å²) in [7, 11) is 1.82. The van der Waals surface area contributed by atoms with Crippen molar-refractivity contribution in [2.24, 2.45) is 10.9 Å². The highest BCUT2D eigenvalue weighted by Crippen LogP contribution is 2.32. The molecule has 144 valence electrons. The zero-order chi connectivity index (χ0) is 18.4. The predicted octanol–water partition coefficient (Wildman–Crippen LogP) is 1.97. The molecule has 0 spiro atoms. The third-order valence-corrected chi connectivity index (χ3v) is 5.79. The number of piperazine rings is 1. The number of carbonyl (C=O) groups excluding carboxylic acids is 1. The Morgan fingerprint density at radius 3 is 2.73 bits per heavy atom. The molecule has 1 aliphatic carbocycles. The van der Waals surface area contributed by atoms with Crippen LogP contribution in [0.1, 0.15) is 19.8 Å². The molecule has 1 saturated carbocycles. The number of hydrogen-bond acceptors (Lipinski definition) is 5. The third kappa shape index (κ3) is 5.03. The predicted molar refractivity (Wildman–Crippen MR) is 106 cm³/mol. The average molecular weight is 380 g/mol. The fraction of sp³-hybridized carbons (Fsp3) is 0.667. The molecule has 2 fully saturated rings. The number of thiophene rings is 1. The summed E-state index contributed by atoms with van der Waals surface area (Å²) in [6, 6.07) is 4.37. The molecule has 2 aliphatic rings. The molecule has 1 unspecified atom stereocenters. The van der Waals surface area contributed by atoms with Gasteiger partial charge in [-0.1, -0.05) is 0 Å². The van der Waals surface area contributed by atoms with E-state index < -0.39 is 0 Å². The van der Waals surface area contributed by atoms with E-state index in [1.807, 2.05) is 14.0 Å². The molecule has 1 amide bonds. The van der Waals surface area contributed by atoms with Gasteiger partial charge in [-0.25, -0.2) is 4.79 Å². The Kier molecular flexibility index (Phi) is 6.60. The van der Waals surface area contributed by atoms with Crippen LogP contribution in [0.2, 0.25) is 0 Å². The molecule has 0 bridgehead atoms. The molecule has 1 atom stereocenters. The highest BCUT2D eigenvalue weighted by Gasteiger charge is 2.33. The Labute approximate surface area is 159 Å². The molecule has 1 aliphatic heterocycles. The Balaban J connectivity index is 1.47. The van der Waals surface area contributed by atoms with Crippen molar-refractivity contribution in [3.05, 3.63) is 17.5 Å². The van der Waals surface area contributed by atoms with Crippen LogP contribution in [0.4, 0.5) is 9.80 Å². The molecule has 0 radical (unpaired) electrons. The van der Waals surface area contributed by atoms with Gasteiger partial charge in [-0.3, -0.25) is 4.99 Å². The van der Waals surface area contributed by atoms with Gasteiger partial charge in [0.05, 0.1) is 17.6 Å². The summed E-state index contributed by atoms with van der Waals surface area (Å²) in [6.07, 6.45) is 2.00. The van der Waals surface area contributed by atoms with Crippen LogP contribution >= 0.6 is 11.3 Å². The van der Waals surface area contributed by atoms with E-state index in [0.29, 0.717) is 19.1 Å². The lowest BCUT2D eigenvalue weighted by Gasteiger charge is -2.37. The lowest BCUT2D eigenvalue weighted by atomic mass is 10.2. The lowest BCUT2D eigenvalue weighted by Crippen LogP contribution is -2.54. The van der Waals surface area contributed by atoms with Crippen LogP contribution in [0.15, 0.2) is 22.5 Å². The highest BCUT2D eigenvalue weighted by atomic mass is 32.1. The number of ether oxygens (including phenoxy) is 1. The normalized spacial score (nSPS) is 19.2. The second-order valence-electron chi connectivity index (χ2n) is 6.66. The maximum absolute atomic E-state index is 11.7. The molecule has 1 aromatic rings. The zero-order valence-corrected chi connectivity index (χ0v) is 16.4. The van der Waals surface area contributed by atoms with Gasteiger partial charge in [0, 0.05) is 39.8 Å². The fourth-order valence-corrected chi connectivity index (χ4v) is 4.07. The quantitative estimate of drug-likeness (QED) is 0.584. The molecule has 3 rings (SSSR count). The van der Waals surface area contributed by atoms with Crippen molar-refractivity contribution in [3.8, 4) is 0 Å². The Morgan fingerprint density at radius 2 is 2.15 bits per heavy atom. The van der Waals surface area contributed by atoms with E-state index in [-0.39, 0.29) is 12.1 Å². The van der Waals surface area contributed by atoms with E-state index in [9.17, 15) is 4.79 Å². The monoisotopic (exact) mass is 379 g/mol. The van der Waals surface area contributed by atoms with Gasteiger partial charge < -0.3 is 25.2 Å². The summed E-state index contributed by atoms with van der Waals surface area (Å²) in [5.74, 6) is 1.45. The number of alkyl carbamates (subject to hydrolysis) is 1. The van der Waals surface area contributed by atoms with Crippen molar-refractivity contribution in [2.75, 3.05) is 51.3 Å². The van der Waals surface area contributed by atoms with Crippen molar-refractivity contribution in [1.82, 2.24) is 15.5 Å². The number of nitrogens with zero attached hydrogens (tertiary/aromatic N) is 3. The molecule has 0 aromatic carbocycles. The third-order valence-electron chi connectivity index (χ3n) is 4.86. The number of aliphatic imine (C=N–C) groups is 1. The van der Waals surface area contributed by atoms with Crippen molar-refractivity contribution >= 4 is 28.4 Å². The number of carbonyl (C=O) groups is 1. The molecular formula is C18H29N5O2S. The van der Waals surface area contributed by atoms with E-state index in [1.54, 1.807) is 11.3 Å². The Bertz CT molecular complexity index is 595. The van der Waals surface area contributed by atoms with E-state index >= 15 is 0 Å². The molecule has 26 heavy (non-hydrogen) atoms. The second kappa shape index (κ2) is 9.12. The van der Waals surface area contributed by atoms with Gasteiger partial charge in [0.1, 0.15) is 0 Å². The summed E-state index contributed by atoms with van der Waals surface area (Å²) >= 11 is 1.79. The first kappa shape index (κ1) is 18.8. The van der Waals surface area contributed by atoms with Gasteiger partial charge in [-0.2, -0.15) is 0 Å². The molecular weight excluding hydrogens is 350 g/mol. The minimum atomic E-state index is -0.328. The summed E-state index contributed by atoms with van der Waals surface area (Å²) in [6.45, 7) is 6.77. The first-order chi connectivity index (χ1) is 12.7. The largest absolute Gasteiger partial charge is 0.450 e. The first-order valence-electron chi connectivity index (χ1n) is 9.38. The zero-order valence-electron chi connectivity index (χ0n) is 15.6. The lowest BCUT2D eigenvalue weighted by molar-refractivity contribution is 0.146. The summed E-state index contributed by atoms with van der Waals surface area (Å²) in [5, 5.41) is 9.89. The SMILES string of the molecule is CCOC(=O)NC(CNC(=NC)N1CCN(c2cccs2)CC1)C1CC1. The molecule has 1 saturated heterocycles. The highest BCUT2D eigenvalue weighted by molar-refractivity contribution is 7.14. The Morgan fingerprint density at radius 1 is 1.38 bits per heavy atom. The number of rotatable bonds is 6. The molecule has 2 heterocycles. The maximum Gasteiger partial charge on any atom is 0.407 e. The topological polar surface area (TPSA) is 69.2 Å². The van der Waals surface area contributed by atoms with Gasteiger partial charge >= 0.3 is 6.09 Å². The van der Waals surface area contributed by atoms with Crippen LogP contribution in [-0.4, -0.2) is 69.4 Å². The van der Waals surface area contributed by atoms with Gasteiger partial charge in [0.15, 0.2) is 5.96 Å². The number of amides is 1. The van der Waals surface area contributed by atoms with Gasteiger partial charge in [0.2, 0.25) is 0 Å². The molecule has 1 aromatic heterocycles. The smallest absolute Gasteiger partial charge is 0.407 e. The van der Waals surface area contributed by atoms with E-state index in [2.05, 4.69) is 42.9 Å². The number of anilines is 1. The molecule has 7 nitrogen and oxygen atoms in total. The number of nitrogens with one attached hydrogen (secondary N) is 2. The summed E-state index contributed by atoms with van der Waals surface area (Å²) in [5.41, 5.74) is 0. The van der Waals surface area contributed by atoms with Crippen molar-refractivity contribution in [1.29, 1.82) is 0 Å². The standard InChI is InChI=1S/C18H29N5O2S/c1-3-25-18(24)21-15(14-6-7-14)13-20-17(19-2)23-10-8-22(9-11-23)16-5-4-12-26-16/h4-5,12,14-15H,3,6-11,13H2,1-2H3,(H,19,20)(H,21,24). The van der Waals surface area contributed by atoms with Crippen LogP contribution in [0.5, 0.6) is 0 Å². The minimum absolute atomic E-state index is 0.0956. The first-order valence-corrected chi connectivity index (χ1v) is 10.3. The second-order valence-corrected chi connectivity index (χ2v) is 7.59. The maximum atomic E-state index is 11.7. The number of guanidine groups is 1. The van der Waals surface area contributed by atoms with Crippen LogP contribution < -0.4 is 15.5 Å². The van der Waals surface area contributed by atoms with Gasteiger partial charge in [-0.15, -0.1) is 11.3 Å². The minimum Gasteiger partial charge on any atom is -0.450 e. The van der Waals surface area contributed by atoms with Gasteiger partial charge in [0.25, 0.3) is 0 Å². The molecule has 8 heteroatoms. The summed E-state index contributed by atoms with van der Waals surface area (Å²) < 4.78 is 5.02. The summed E-state index contributed by atoms with van der Waals surface area (Å²) in [4.78, 5) is 20.9. The Hall–Kier alpha value is -1.96. The number of hydrogen-bond donors (Lipinski definition) is 2. The van der Waals surface area contributed by atoms with E-state index in [4.69, 9.17) is 4.74 Å². The van der Waals surface area contributed by atoms with Crippen LogP contribution in [0.3, 0.4) is 0 Å². The van der Waals surface area contributed by atoms with E-state index in [1.165, 1.54) is 5.00 Å². The van der Waals surface area contributed by atoms with Gasteiger partial charge in [-0.05, 0) is 43.2 Å². The van der Waals surface area contributed by atoms with Crippen LogP contribution in [-0.2, 0) is 4.74 Å². The molecule has 2 N–H and O–H groups in total. The van der Waals surface area contributed by atoms with Crippen LogP contribution in [0, 0.1) is 5.92 Å². The average Bonchev–Trinajstić information content (AvgIpc) is 3.36.